The summed E-state index contributed by atoms with van der Waals surface area (Å²) in [4.78, 5) is 1.34. The van der Waals surface area contributed by atoms with Gasteiger partial charge in [-0.3, -0.25) is 0 Å². The number of nitrogens with zero attached hydrogens (tertiary/aromatic N) is 1. The number of thiophene rings is 1. The maximum atomic E-state index is 12.9. The van der Waals surface area contributed by atoms with Gasteiger partial charge in [0.05, 0.1) is 4.90 Å². The van der Waals surface area contributed by atoms with Crippen molar-refractivity contribution in [2.24, 2.45) is 11.8 Å². The van der Waals surface area contributed by atoms with E-state index < -0.39 is 10.0 Å². The highest BCUT2D eigenvalue weighted by Gasteiger charge is 2.28. The molecule has 0 saturated carbocycles. The summed E-state index contributed by atoms with van der Waals surface area (Å²) < 4.78 is 27.4. The van der Waals surface area contributed by atoms with Crippen molar-refractivity contribution in [3.8, 4) is 0 Å². The van der Waals surface area contributed by atoms with Gasteiger partial charge in [-0.2, -0.15) is 4.31 Å². The van der Waals surface area contributed by atoms with Crippen LogP contribution in [0.2, 0.25) is 0 Å². The second-order valence-corrected chi connectivity index (χ2v) is 8.76. The Morgan fingerprint density at radius 1 is 1.20 bits per heavy atom. The zero-order valence-electron chi connectivity index (χ0n) is 13.0. The molecule has 0 atom stereocenters. The zero-order valence-corrected chi connectivity index (χ0v) is 14.6. The Balaban J connectivity index is 3.11. The van der Waals surface area contributed by atoms with Crippen LogP contribution in [0.25, 0.3) is 0 Å². The number of hydrogen-bond acceptors (Lipinski definition) is 4. The molecule has 0 amide bonds. The van der Waals surface area contributed by atoms with E-state index in [-0.39, 0.29) is 0 Å². The van der Waals surface area contributed by atoms with E-state index >= 15 is 0 Å². The van der Waals surface area contributed by atoms with E-state index in [2.05, 4.69) is 5.32 Å². The molecule has 0 aliphatic carbocycles. The standard InChI is InChI=1S/C14H26N2O2S2/c1-11(2)9-16(10-12(3)4)20(17,18)14-6-7-19-13(14)8-15-5/h6-7,11-12,15H,8-10H2,1-5H3. The van der Waals surface area contributed by atoms with Crippen LogP contribution < -0.4 is 5.32 Å². The van der Waals surface area contributed by atoms with Crippen molar-refractivity contribution in [1.29, 1.82) is 0 Å². The Morgan fingerprint density at radius 2 is 1.75 bits per heavy atom. The molecular formula is C14H26N2O2S2. The van der Waals surface area contributed by atoms with E-state index in [0.29, 0.717) is 36.4 Å². The summed E-state index contributed by atoms with van der Waals surface area (Å²) in [5.74, 6) is 0.629. The normalized spacial score (nSPS) is 12.8. The summed E-state index contributed by atoms with van der Waals surface area (Å²) in [6, 6.07) is 1.72. The first-order chi connectivity index (χ1) is 9.28. The Labute approximate surface area is 127 Å². The summed E-state index contributed by atoms with van der Waals surface area (Å²) in [6.45, 7) is 9.90. The van der Waals surface area contributed by atoms with E-state index in [0.717, 1.165) is 4.88 Å². The maximum absolute atomic E-state index is 12.9. The second-order valence-electron chi connectivity index (χ2n) is 5.85. The smallest absolute Gasteiger partial charge is 0.244 e. The van der Waals surface area contributed by atoms with Gasteiger partial charge in [-0.25, -0.2) is 8.42 Å². The van der Waals surface area contributed by atoms with E-state index in [1.165, 1.54) is 11.3 Å². The summed E-state index contributed by atoms with van der Waals surface area (Å²) in [6.07, 6.45) is 0. The average Bonchev–Trinajstić information content (AvgIpc) is 2.76. The van der Waals surface area contributed by atoms with E-state index in [4.69, 9.17) is 0 Å². The first kappa shape index (κ1) is 17.6. The van der Waals surface area contributed by atoms with Gasteiger partial charge in [0.15, 0.2) is 0 Å². The minimum absolute atomic E-state index is 0.315. The van der Waals surface area contributed by atoms with Crippen LogP contribution in [0.5, 0.6) is 0 Å². The predicted molar refractivity (Wildman–Crippen MR) is 85.5 cm³/mol. The molecule has 1 heterocycles. The van der Waals surface area contributed by atoms with Crippen LogP contribution in [0.15, 0.2) is 16.3 Å². The molecule has 6 heteroatoms. The van der Waals surface area contributed by atoms with Crippen LogP contribution in [-0.4, -0.2) is 32.9 Å². The third kappa shape index (κ3) is 4.55. The van der Waals surface area contributed by atoms with Crippen LogP contribution >= 0.6 is 11.3 Å². The van der Waals surface area contributed by atoms with Crippen LogP contribution in [0.3, 0.4) is 0 Å². The summed E-state index contributed by atoms with van der Waals surface area (Å²) >= 11 is 1.49. The van der Waals surface area contributed by atoms with Crippen LogP contribution in [-0.2, 0) is 16.6 Å². The molecule has 4 nitrogen and oxygen atoms in total. The highest BCUT2D eigenvalue weighted by atomic mass is 32.2. The summed E-state index contributed by atoms with van der Waals surface area (Å²) in [5, 5.41) is 4.88. The predicted octanol–water partition coefficient (Wildman–Crippen LogP) is 2.77. The summed E-state index contributed by atoms with van der Waals surface area (Å²) in [5.41, 5.74) is 0. The van der Waals surface area contributed by atoms with Crippen molar-refractivity contribution in [3.05, 3.63) is 16.3 Å². The van der Waals surface area contributed by atoms with Gasteiger partial charge in [-0.1, -0.05) is 27.7 Å². The van der Waals surface area contributed by atoms with Crippen LogP contribution in [0, 0.1) is 11.8 Å². The molecular weight excluding hydrogens is 292 g/mol. The Kier molecular flexibility index (Phi) is 6.64. The molecule has 0 aliphatic heterocycles. The maximum Gasteiger partial charge on any atom is 0.244 e. The molecule has 116 valence electrons. The number of nitrogens with one attached hydrogen (secondary N) is 1. The zero-order chi connectivity index (χ0) is 15.3. The van der Waals surface area contributed by atoms with Gasteiger partial charge in [-0.15, -0.1) is 11.3 Å². The molecule has 0 fully saturated rings. The quantitative estimate of drug-likeness (QED) is 0.802. The van der Waals surface area contributed by atoms with Gasteiger partial charge in [0.2, 0.25) is 10.0 Å². The van der Waals surface area contributed by atoms with Gasteiger partial charge in [0.1, 0.15) is 0 Å². The molecule has 0 aromatic carbocycles. The van der Waals surface area contributed by atoms with E-state index in [1.54, 1.807) is 10.4 Å². The third-order valence-electron chi connectivity index (χ3n) is 2.80. The molecule has 1 rings (SSSR count). The van der Waals surface area contributed by atoms with Crippen molar-refractivity contribution in [2.45, 2.75) is 39.1 Å². The van der Waals surface area contributed by atoms with Crippen LogP contribution in [0.1, 0.15) is 32.6 Å². The van der Waals surface area contributed by atoms with Gasteiger partial charge in [0, 0.05) is 24.5 Å². The lowest BCUT2D eigenvalue weighted by Gasteiger charge is -2.25. The monoisotopic (exact) mass is 318 g/mol. The first-order valence-electron chi connectivity index (χ1n) is 7.00. The Hall–Kier alpha value is -0.430. The lowest BCUT2D eigenvalue weighted by atomic mass is 10.2. The molecule has 1 aromatic rings. The molecule has 0 aliphatic rings. The molecule has 1 aromatic heterocycles. The molecule has 1 N–H and O–H groups in total. The molecule has 0 unspecified atom stereocenters. The fourth-order valence-corrected chi connectivity index (χ4v) is 5.27. The Morgan fingerprint density at radius 3 is 2.20 bits per heavy atom. The lowest BCUT2D eigenvalue weighted by molar-refractivity contribution is 0.333. The Bertz CT molecular complexity index is 497. The topological polar surface area (TPSA) is 49.4 Å². The molecule has 0 saturated heterocycles. The van der Waals surface area contributed by atoms with Crippen molar-refractivity contribution in [1.82, 2.24) is 9.62 Å². The summed E-state index contributed by atoms with van der Waals surface area (Å²) in [7, 11) is -1.57. The van der Waals surface area contributed by atoms with Crippen molar-refractivity contribution >= 4 is 21.4 Å². The lowest BCUT2D eigenvalue weighted by Crippen LogP contribution is -2.37. The molecule has 0 radical (unpaired) electrons. The van der Waals surface area contributed by atoms with Crippen molar-refractivity contribution < 1.29 is 8.42 Å². The van der Waals surface area contributed by atoms with Gasteiger partial charge >= 0.3 is 0 Å². The number of sulfonamides is 1. The molecule has 0 bridgehead atoms. The first-order valence-corrected chi connectivity index (χ1v) is 9.32. The fraction of sp³-hybridized carbons (Fsp3) is 0.714. The second kappa shape index (κ2) is 7.54. The largest absolute Gasteiger partial charge is 0.315 e. The van der Waals surface area contributed by atoms with Crippen molar-refractivity contribution in [2.75, 3.05) is 20.1 Å². The molecule has 0 spiro atoms. The minimum Gasteiger partial charge on any atom is -0.315 e. The fourth-order valence-electron chi connectivity index (χ4n) is 2.07. The van der Waals surface area contributed by atoms with E-state index in [1.807, 2.05) is 40.1 Å². The van der Waals surface area contributed by atoms with Crippen molar-refractivity contribution in [3.63, 3.8) is 0 Å². The number of hydrogen-bond donors (Lipinski definition) is 1. The highest BCUT2D eigenvalue weighted by molar-refractivity contribution is 7.89. The number of rotatable bonds is 8. The van der Waals surface area contributed by atoms with Gasteiger partial charge in [-0.05, 0) is 30.3 Å². The minimum atomic E-state index is -3.40. The highest BCUT2D eigenvalue weighted by Crippen LogP contribution is 2.26. The van der Waals surface area contributed by atoms with Gasteiger partial charge in [0.25, 0.3) is 0 Å². The van der Waals surface area contributed by atoms with E-state index in [9.17, 15) is 8.42 Å². The van der Waals surface area contributed by atoms with Crippen LogP contribution in [0.4, 0.5) is 0 Å². The third-order valence-corrected chi connectivity index (χ3v) is 5.76. The SMILES string of the molecule is CNCc1sccc1S(=O)(=O)N(CC(C)C)CC(C)C. The average molecular weight is 319 g/mol. The molecule has 20 heavy (non-hydrogen) atoms. The van der Waals surface area contributed by atoms with Gasteiger partial charge < -0.3 is 5.32 Å².